The maximum absolute atomic E-state index is 8.75. The molecule has 0 saturated carbocycles. The third-order valence-corrected chi connectivity index (χ3v) is 3.52. The Balaban J connectivity index is 1.85. The molecule has 4 heteroatoms. The molecule has 0 radical (unpaired) electrons. The van der Waals surface area contributed by atoms with Crippen LogP contribution in [0.4, 0.5) is 5.69 Å². The van der Waals surface area contributed by atoms with Crippen LogP contribution in [-0.2, 0) is 0 Å². The number of hydrogen-bond acceptors (Lipinski definition) is 4. The molecule has 1 aliphatic rings. The van der Waals surface area contributed by atoms with Crippen LogP contribution in [0.15, 0.2) is 18.2 Å². The maximum Gasteiger partial charge on any atom is 0.142 e. The van der Waals surface area contributed by atoms with Gasteiger partial charge in [0, 0.05) is 6.04 Å². The standard InChI is InChI=1S/C14H19N3O/c1-17-7-2-3-12(17)6-8-18-14-5-4-11(10-15)9-13(14)16/h4-5,9,12H,2-3,6-8,16H2,1H3. The molecule has 1 atom stereocenters. The van der Waals surface area contributed by atoms with Crippen LogP contribution in [0, 0.1) is 11.3 Å². The van der Waals surface area contributed by atoms with Gasteiger partial charge < -0.3 is 15.4 Å². The van der Waals surface area contributed by atoms with Crippen LogP contribution in [0.2, 0.25) is 0 Å². The lowest BCUT2D eigenvalue weighted by Crippen LogP contribution is -2.26. The van der Waals surface area contributed by atoms with Crippen molar-refractivity contribution in [1.82, 2.24) is 4.90 Å². The highest BCUT2D eigenvalue weighted by Gasteiger charge is 2.20. The van der Waals surface area contributed by atoms with E-state index < -0.39 is 0 Å². The second-order valence-electron chi connectivity index (χ2n) is 4.78. The smallest absolute Gasteiger partial charge is 0.142 e. The van der Waals surface area contributed by atoms with Gasteiger partial charge in [0.05, 0.1) is 23.9 Å². The summed E-state index contributed by atoms with van der Waals surface area (Å²) in [6.45, 7) is 1.86. The van der Waals surface area contributed by atoms with E-state index in [2.05, 4.69) is 18.0 Å². The molecule has 1 aliphatic heterocycles. The summed E-state index contributed by atoms with van der Waals surface area (Å²) < 4.78 is 5.69. The summed E-state index contributed by atoms with van der Waals surface area (Å²) in [7, 11) is 2.16. The molecule has 2 N–H and O–H groups in total. The maximum atomic E-state index is 8.75. The molecule has 0 spiro atoms. The van der Waals surface area contributed by atoms with Gasteiger partial charge in [-0.15, -0.1) is 0 Å². The molecule has 1 aromatic carbocycles. The molecule has 1 heterocycles. The van der Waals surface area contributed by atoms with E-state index in [4.69, 9.17) is 15.7 Å². The van der Waals surface area contributed by atoms with E-state index >= 15 is 0 Å². The van der Waals surface area contributed by atoms with Crippen LogP contribution < -0.4 is 10.5 Å². The van der Waals surface area contributed by atoms with E-state index in [-0.39, 0.29) is 0 Å². The normalized spacial score (nSPS) is 19.7. The molecule has 1 saturated heterocycles. The van der Waals surface area contributed by atoms with Crippen LogP contribution >= 0.6 is 0 Å². The van der Waals surface area contributed by atoms with Crippen molar-refractivity contribution >= 4 is 5.69 Å². The number of benzene rings is 1. The molecule has 18 heavy (non-hydrogen) atoms. The highest BCUT2D eigenvalue weighted by atomic mass is 16.5. The SMILES string of the molecule is CN1CCCC1CCOc1ccc(C#N)cc1N. The monoisotopic (exact) mass is 245 g/mol. The van der Waals surface area contributed by atoms with E-state index in [9.17, 15) is 0 Å². The third-order valence-electron chi connectivity index (χ3n) is 3.52. The minimum atomic E-state index is 0.536. The van der Waals surface area contributed by atoms with Crippen molar-refractivity contribution in [3.05, 3.63) is 23.8 Å². The molecule has 1 fully saturated rings. The van der Waals surface area contributed by atoms with Gasteiger partial charge >= 0.3 is 0 Å². The molecule has 0 aliphatic carbocycles. The molecule has 1 unspecified atom stereocenters. The van der Waals surface area contributed by atoms with E-state index in [1.807, 2.05) is 0 Å². The lowest BCUT2D eigenvalue weighted by molar-refractivity contribution is 0.234. The average molecular weight is 245 g/mol. The van der Waals surface area contributed by atoms with Crippen LogP contribution in [0.5, 0.6) is 5.75 Å². The Kier molecular flexibility index (Phi) is 4.06. The number of rotatable bonds is 4. The highest BCUT2D eigenvalue weighted by Crippen LogP contribution is 2.23. The third kappa shape index (κ3) is 2.93. The minimum absolute atomic E-state index is 0.536. The van der Waals surface area contributed by atoms with Gasteiger partial charge in [-0.1, -0.05) is 0 Å². The first kappa shape index (κ1) is 12.7. The van der Waals surface area contributed by atoms with E-state index in [0.29, 0.717) is 29.6 Å². The first-order valence-corrected chi connectivity index (χ1v) is 6.33. The summed E-state index contributed by atoms with van der Waals surface area (Å²) in [6, 6.07) is 7.84. The van der Waals surface area contributed by atoms with Crippen molar-refractivity contribution in [2.24, 2.45) is 0 Å². The molecular weight excluding hydrogens is 226 g/mol. The number of nitrogens with zero attached hydrogens (tertiary/aromatic N) is 2. The van der Waals surface area contributed by atoms with Crippen molar-refractivity contribution in [1.29, 1.82) is 5.26 Å². The predicted molar refractivity (Wildman–Crippen MR) is 71.3 cm³/mol. The highest BCUT2D eigenvalue weighted by molar-refractivity contribution is 5.56. The zero-order chi connectivity index (χ0) is 13.0. The first-order chi connectivity index (χ1) is 8.70. The topological polar surface area (TPSA) is 62.3 Å². The quantitative estimate of drug-likeness (QED) is 0.824. The van der Waals surface area contributed by atoms with Crippen LogP contribution in [0.1, 0.15) is 24.8 Å². The molecule has 2 rings (SSSR count). The number of hydrogen-bond donors (Lipinski definition) is 1. The Hall–Kier alpha value is -1.73. The summed E-state index contributed by atoms with van der Waals surface area (Å²) in [4.78, 5) is 2.38. The van der Waals surface area contributed by atoms with Gasteiger partial charge in [0.2, 0.25) is 0 Å². The molecule has 4 nitrogen and oxygen atoms in total. The second kappa shape index (κ2) is 5.74. The van der Waals surface area contributed by atoms with Gasteiger partial charge in [-0.25, -0.2) is 0 Å². The van der Waals surface area contributed by atoms with Crippen molar-refractivity contribution in [3.8, 4) is 11.8 Å². The van der Waals surface area contributed by atoms with Crippen molar-refractivity contribution in [2.45, 2.75) is 25.3 Å². The zero-order valence-electron chi connectivity index (χ0n) is 10.7. The van der Waals surface area contributed by atoms with Crippen LogP contribution in [-0.4, -0.2) is 31.1 Å². The lowest BCUT2D eigenvalue weighted by Gasteiger charge is -2.19. The van der Waals surface area contributed by atoms with Crippen molar-refractivity contribution in [3.63, 3.8) is 0 Å². The van der Waals surface area contributed by atoms with Gasteiger partial charge in [-0.05, 0) is 51.1 Å². The Morgan fingerprint density at radius 3 is 3.00 bits per heavy atom. The number of nitriles is 1. The molecule has 0 bridgehead atoms. The summed E-state index contributed by atoms with van der Waals surface area (Å²) in [5.41, 5.74) is 6.93. The van der Waals surface area contributed by atoms with Gasteiger partial charge in [-0.2, -0.15) is 5.26 Å². The Morgan fingerprint density at radius 1 is 1.56 bits per heavy atom. The summed E-state index contributed by atoms with van der Waals surface area (Å²) in [5, 5.41) is 8.75. The second-order valence-corrected chi connectivity index (χ2v) is 4.78. The number of anilines is 1. The summed E-state index contributed by atoms with van der Waals surface area (Å²) in [6.07, 6.45) is 3.55. The fourth-order valence-electron chi connectivity index (χ4n) is 2.40. The van der Waals surface area contributed by atoms with E-state index in [0.717, 1.165) is 6.42 Å². The van der Waals surface area contributed by atoms with Gasteiger partial charge in [-0.3, -0.25) is 0 Å². The molecule has 0 aromatic heterocycles. The fraction of sp³-hybridized carbons (Fsp3) is 0.500. The Labute approximate surface area is 108 Å². The van der Waals surface area contributed by atoms with Gasteiger partial charge in [0.25, 0.3) is 0 Å². The number of nitrogens with two attached hydrogens (primary N) is 1. The Bertz CT molecular complexity index is 453. The summed E-state index contributed by atoms with van der Waals surface area (Å²) >= 11 is 0. The van der Waals surface area contributed by atoms with Gasteiger partial charge in [0.1, 0.15) is 5.75 Å². The summed E-state index contributed by atoms with van der Waals surface area (Å²) in [5.74, 6) is 0.676. The number of likely N-dealkylation sites (tertiary alicyclic amines) is 1. The van der Waals surface area contributed by atoms with Gasteiger partial charge in [0.15, 0.2) is 0 Å². The number of nitrogen functional groups attached to an aromatic ring is 1. The average Bonchev–Trinajstić information content (AvgIpc) is 2.77. The van der Waals surface area contributed by atoms with Crippen molar-refractivity contribution in [2.75, 3.05) is 25.9 Å². The lowest BCUT2D eigenvalue weighted by atomic mass is 10.1. The molecule has 96 valence electrons. The van der Waals surface area contributed by atoms with Crippen molar-refractivity contribution < 1.29 is 4.74 Å². The van der Waals surface area contributed by atoms with Crippen LogP contribution in [0.3, 0.4) is 0 Å². The minimum Gasteiger partial charge on any atom is -0.491 e. The van der Waals surface area contributed by atoms with E-state index in [1.54, 1.807) is 18.2 Å². The zero-order valence-corrected chi connectivity index (χ0v) is 10.7. The predicted octanol–water partition coefficient (Wildman–Crippen LogP) is 2.00. The molecule has 0 amide bonds. The Morgan fingerprint density at radius 2 is 2.39 bits per heavy atom. The molecule has 1 aromatic rings. The molecular formula is C14H19N3O. The first-order valence-electron chi connectivity index (χ1n) is 6.33. The van der Waals surface area contributed by atoms with Crippen LogP contribution in [0.25, 0.3) is 0 Å². The number of ether oxygens (including phenoxy) is 1. The van der Waals surface area contributed by atoms with E-state index in [1.165, 1.54) is 19.4 Å². The fourth-order valence-corrected chi connectivity index (χ4v) is 2.40. The largest absolute Gasteiger partial charge is 0.491 e.